The Labute approximate surface area is 91.1 Å². The van der Waals surface area contributed by atoms with Gasteiger partial charge in [-0.15, -0.1) is 0 Å². The minimum atomic E-state index is -0.371. The molecule has 5 heteroatoms. The average Bonchev–Trinajstić information content (AvgIpc) is 2.64. The zero-order valence-electron chi connectivity index (χ0n) is 8.82. The van der Waals surface area contributed by atoms with Crippen molar-refractivity contribution in [2.75, 3.05) is 0 Å². The van der Waals surface area contributed by atoms with Crippen LogP contribution in [0, 0.1) is 12.7 Å². The number of nitrogens with zero attached hydrogens (tertiary/aromatic N) is 2. The average molecular weight is 220 g/mol. The van der Waals surface area contributed by atoms with Crippen molar-refractivity contribution < 1.29 is 13.7 Å². The third-order valence-corrected chi connectivity index (χ3v) is 2.03. The van der Waals surface area contributed by atoms with Gasteiger partial charge in [-0.25, -0.2) is 4.39 Å². The van der Waals surface area contributed by atoms with Crippen molar-refractivity contribution in [1.82, 2.24) is 10.1 Å². The summed E-state index contributed by atoms with van der Waals surface area (Å²) in [5, 5.41) is 3.62. The van der Waals surface area contributed by atoms with E-state index in [1.165, 1.54) is 19.1 Å². The molecule has 1 aromatic carbocycles. The monoisotopic (exact) mass is 220 g/mol. The fraction of sp³-hybridized carbons (Fsp3) is 0.182. The van der Waals surface area contributed by atoms with Gasteiger partial charge in [0.15, 0.2) is 0 Å². The molecule has 1 heterocycles. The number of hydrogen-bond donors (Lipinski definition) is 0. The smallest absolute Gasteiger partial charge is 0.294 e. The molecule has 0 saturated heterocycles. The molecule has 16 heavy (non-hydrogen) atoms. The van der Waals surface area contributed by atoms with E-state index in [0.717, 1.165) is 5.56 Å². The van der Waals surface area contributed by atoms with Crippen LogP contribution in [0.3, 0.4) is 0 Å². The third kappa shape index (κ3) is 1.98. The van der Waals surface area contributed by atoms with Crippen LogP contribution in [0.25, 0.3) is 11.4 Å². The predicted octanol–water partition coefficient (Wildman–Crippen LogP) is 2.39. The lowest BCUT2D eigenvalue weighted by Gasteiger charge is -1.97. The summed E-state index contributed by atoms with van der Waals surface area (Å²) in [7, 11) is 0. The second-order valence-corrected chi connectivity index (χ2v) is 3.50. The second kappa shape index (κ2) is 3.84. The largest absolute Gasteiger partial charge is 0.330 e. The van der Waals surface area contributed by atoms with Gasteiger partial charge in [-0.1, -0.05) is 5.16 Å². The number of halogens is 1. The Hall–Kier alpha value is -2.04. The van der Waals surface area contributed by atoms with Crippen molar-refractivity contribution in [3.63, 3.8) is 0 Å². The van der Waals surface area contributed by atoms with E-state index in [0.29, 0.717) is 5.56 Å². The summed E-state index contributed by atoms with van der Waals surface area (Å²) in [5.74, 6) is -0.541. The van der Waals surface area contributed by atoms with Gasteiger partial charge in [-0.3, -0.25) is 4.79 Å². The lowest BCUT2D eigenvalue weighted by Crippen LogP contribution is -1.91. The van der Waals surface area contributed by atoms with E-state index in [4.69, 9.17) is 4.52 Å². The third-order valence-electron chi connectivity index (χ3n) is 2.03. The van der Waals surface area contributed by atoms with E-state index in [2.05, 4.69) is 10.1 Å². The number of aryl methyl sites for hydroxylation is 1. The molecule has 0 saturated carbocycles. The normalized spacial score (nSPS) is 10.4. The molecular weight excluding hydrogens is 211 g/mol. The molecular formula is C11H9FN2O2. The van der Waals surface area contributed by atoms with Crippen molar-refractivity contribution in [3.05, 3.63) is 35.5 Å². The number of rotatable bonds is 2. The van der Waals surface area contributed by atoms with Crippen LogP contribution in [0.4, 0.5) is 4.39 Å². The van der Waals surface area contributed by atoms with Crippen molar-refractivity contribution >= 4 is 5.78 Å². The summed E-state index contributed by atoms with van der Waals surface area (Å²) in [6, 6.07) is 4.41. The minimum absolute atomic E-state index is 0.0723. The molecule has 0 spiro atoms. The van der Waals surface area contributed by atoms with E-state index in [9.17, 15) is 9.18 Å². The summed E-state index contributed by atoms with van der Waals surface area (Å²) in [5.41, 5.74) is 1.25. The molecule has 0 aliphatic rings. The van der Waals surface area contributed by atoms with Crippen LogP contribution in [0.1, 0.15) is 23.2 Å². The Bertz CT molecular complexity index is 528. The molecule has 0 bridgehead atoms. The van der Waals surface area contributed by atoms with Gasteiger partial charge < -0.3 is 4.52 Å². The Kier molecular flexibility index (Phi) is 2.52. The molecule has 0 N–H and O–H groups in total. The van der Waals surface area contributed by atoms with Crippen LogP contribution in [-0.4, -0.2) is 15.9 Å². The van der Waals surface area contributed by atoms with Gasteiger partial charge in [0.2, 0.25) is 11.6 Å². The first kappa shape index (κ1) is 10.5. The van der Waals surface area contributed by atoms with Gasteiger partial charge in [-0.2, -0.15) is 4.98 Å². The van der Waals surface area contributed by atoms with Gasteiger partial charge in [0.1, 0.15) is 5.82 Å². The predicted molar refractivity (Wildman–Crippen MR) is 54.4 cm³/mol. The maximum atomic E-state index is 13.1. The molecule has 0 amide bonds. The van der Waals surface area contributed by atoms with Crippen LogP contribution in [0.5, 0.6) is 0 Å². The Morgan fingerprint density at radius 3 is 2.69 bits per heavy atom. The number of Topliss-reactive ketones (excluding diaryl/α,β-unsaturated/α-hetero) is 1. The lowest BCUT2D eigenvalue weighted by atomic mass is 10.1. The maximum absolute atomic E-state index is 13.1. The highest BCUT2D eigenvalue weighted by Gasteiger charge is 2.12. The molecule has 0 aliphatic carbocycles. The lowest BCUT2D eigenvalue weighted by molar-refractivity contribution is 0.0972. The fourth-order valence-corrected chi connectivity index (χ4v) is 1.35. The number of carbonyl (C=O) groups excluding carboxylic acids is 1. The Morgan fingerprint density at radius 1 is 1.38 bits per heavy atom. The highest BCUT2D eigenvalue weighted by Crippen LogP contribution is 2.19. The van der Waals surface area contributed by atoms with Crippen LogP contribution in [-0.2, 0) is 0 Å². The highest BCUT2D eigenvalue weighted by molar-refractivity contribution is 5.89. The van der Waals surface area contributed by atoms with E-state index >= 15 is 0 Å². The summed E-state index contributed by atoms with van der Waals surface area (Å²) in [6.07, 6.45) is 0. The molecule has 2 rings (SSSR count). The molecule has 0 fully saturated rings. The maximum Gasteiger partial charge on any atom is 0.294 e. The standard InChI is InChI=1S/C11H9FN2O2/c1-6-3-8(5-9(12)4-6)10-13-11(7(2)15)16-14-10/h3-5H,1-2H3. The molecule has 0 radical (unpaired) electrons. The van der Waals surface area contributed by atoms with Crippen molar-refractivity contribution in [1.29, 1.82) is 0 Å². The minimum Gasteiger partial charge on any atom is -0.330 e. The number of ketones is 1. The van der Waals surface area contributed by atoms with Crippen LogP contribution < -0.4 is 0 Å². The molecule has 4 nitrogen and oxygen atoms in total. The first-order valence-corrected chi connectivity index (χ1v) is 4.68. The van der Waals surface area contributed by atoms with Gasteiger partial charge in [0, 0.05) is 12.5 Å². The van der Waals surface area contributed by atoms with Crippen molar-refractivity contribution in [3.8, 4) is 11.4 Å². The summed E-state index contributed by atoms with van der Waals surface area (Å²) >= 11 is 0. The van der Waals surface area contributed by atoms with Crippen LogP contribution in [0.2, 0.25) is 0 Å². The molecule has 2 aromatic rings. The SMILES string of the molecule is CC(=O)c1nc(-c2cc(C)cc(F)c2)no1. The second-order valence-electron chi connectivity index (χ2n) is 3.50. The van der Waals surface area contributed by atoms with Crippen molar-refractivity contribution in [2.24, 2.45) is 0 Å². The fourth-order valence-electron chi connectivity index (χ4n) is 1.35. The van der Waals surface area contributed by atoms with E-state index < -0.39 is 0 Å². The Morgan fingerprint density at radius 2 is 2.12 bits per heavy atom. The summed E-state index contributed by atoms with van der Waals surface area (Å²) < 4.78 is 17.9. The van der Waals surface area contributed by atoms with Gasteiger partial charge in [0.05, 0.1) is 0 Å². The zero-order chi connectivity index (χ0) is 11.7. The molecule has 0 aliphatic heterocycles. The van der Waals surface area contributed by atoms with Crippen LogP contribution in [0.15, 0.2) is 22.7 Å². The molecule has 0 atom stereocenters. The Balaban J connectivity index is 2.46. The summed E-state index contributed by atoms with van der Waals surface area (Å²) in [4.78, 5) is 14.8. The quantitative estimate of drug-likeness (QED) is 0.729. The van der Waals surface area contributed by atoms with E-state index in [1.807, 2.05) is 0 Å². The first-order chi connectivity index (χ1) is 7.56. The topological polar surface area (TPSA) is 56.0 Å². The molecule has 1 aromatic heterocycles. The zero-order valence-corrected chi connectivity index (χ0v) is 8.82. The van der Waals surface area contributed by atoms with E-state index in [1.54, 1.807) is 13.0 Å². The highest BCUT2D eigenvalue weighted by atomic mass is 19.1. The molecule has 82 valence electrons. The van der Waals surface area contributed by atoms with Crippen molar-refractivity contribution in [2.45, 2.75) is 13.8 Å². The molecule has 0 unspecified atom stereocenters. The number of aromatic nitrogens is 2. The number of hydrogen-bond acceptors (Lipinski definition) is 4. The van der Waals surface area contributed by atoms with Gasteiger partial charge >= 0.3 is 0 Å². The van der Waals surface area contributed by atoms with E-state index in [-0.39, 0.29) is 23.3 Å². The van der Waals surface area contributed by atoms with Gasteiger partial charge in [0.25, 0.3) is 5.89 Å². The number of carbonyl (C=O) groups is 1. The summed E-state index contributed by atoms with van der Waals surface area (Å²) in [6.45, 7) is 3.09. The van der Waals surface area contributed by atoms with Crippen LogP contribution >= 0.6 is 0 Å². The van der Waals surface area contributed by atoms with Gasteiger partial charge in [-0.05, 0) is 30.7 Å². The number of benzene rings is 1. The first-order valence-electron chi connectivity index (χ1n) is 4.68.